The first-order valence-electron chi connectivity index (χ1n) is 26.2. The smallest absolute Gasteiger partial charge is 0.306 e. The third-order valence-corrected chi connectivity index (χ3v) is 10.8. The molecule has 0 aromatic rings. The average molecular weight is 889 g/mol. The molecule has 0 aromatic heterocycles. The largest absolute Gasteiger partial charge is 0.462 e. The van der Waals surface area contributed by atoms with E-state index >= 15 is 0 Å². The van der Waals surface area contributed by atoms with E-state index in [2.05, 4.69) is 118 Å². The maximum Gasteiger partial charge on any atom is 0.306 e. The molecule has 0 bridgehead atoms. The minimum absolute atomic E-state index is 0.106. The molecular weight excluding hydrogens is 793 g/mol. The quantitative estimate of drug-likeness (QED) is 0.0262. The first-order valence-corrected chi connectivity index (χ1v) is 26.2. The Morgan fingerprint density at radius 1 is 0.328 bits per heavy atom. The van der Waals surface area contributed by atoms with Gasteiger partial charge in [0.15, 0.2) is 6.10 Å². The Hall–Kier alpha value is -3.67. The Balaban J connectivity index is 4.52. The van der Waals surface area contributed by atoms with Crippen molar-refractivity contribution in [2.75, 3.05) is 13.2 Å². The molecule has 1 atom stereocenters. The number of ether oxygens (including phenoxy) is 3. The van der Waals surface area contributed by atoms with E-state index < -0.39 is 6.10 Å². The van der Waals surface area contributed by atoms with Crippen LogP contribution in [0.25, 0.3) is 0 Å². The van der Waals surface area contributed by atoms with E-state index in [1.807, 2.05) is 0 Å². The highest BCUT2D eigenvalue weighted by Crippen LogP contribution is 2.13. The van der Waals surface area contributed by atoms with Crippen LogP contribution in [-0.4, -0.2) is 37.2 Å². The van der Waals surface area contributed by atoms with E-state index in [0.29, 0.717) is 19.3 Å². The van der Waals surface area contributed by atoms with Crippen LogP contribution in [0.3, 0.4) is 0 Å². The van der Waals surface area contributed by atoms with Crippen LogP contribution >= 0.6 is 0 Å². The van der Waals surface area contributed by atoms with E-state index in [1.165, 1.54) is 70.6 Å². The molecule has 0 saturated carbocycles. The summed E-state index contributed by atoms with van der Waals surface area (Å²) in [6.07, 6.45) is 68.2. The highest BCUT2D eigenvalue weighted by molar-refractivity contribution is 5.71. The molecule has 0 radical (unpaired) electrons. The predicted molar refractivity (Wildman–Crippen MR) is 274 cm³/mol. The number of allylic oxidation sites excluding steroid dienone is 16. The Morgan fingerprint density at radius 3 is 1.06 bits per heavy atom. The summed E-state index contributed by atoms with van der Waals surface area (Å²) in [6.45, 7) is 6.41. The number of hydrogen-bond donors (Lipinski definition) is 0. The van der Waals surface area contributed by atoms with Gasteiger partial charge in [-0.1, -0.05) is 195 Å². The average Bonchev–Trinajstić information content (AvgIpc) is 3.29. The van der Waals surface area contributed by atoms with Gasteiger partial charge in [-0.05, 0) is 116 Å². The van der Waals surface area contributed by atoms with Crippen molar-refractivity contribution in [2.24, 2.45) is 0 Å². The van der Waals surface area contributed by atoms with E-state index in [4.69, 9.17) is 14.2 Å². The fraction of sp³-hybridized carbons (Fsp3) is 0.672. The van der Waals surface area contributed by atoms with Gasteiger partial charge in [-0.3, -0.25) is 14.4 Å². The van der Waals surface area contributed by atoms with Crippen LogP contribution in [0.4, 0.5) is 0 Å². The Morgan fingerprint density at radius 2 is 0.625 bits per heavy atom. The third kappa shape index (κ3) is 49.3. The molecule has 64 heavy (non-hydrogen) atoms. The number of carbonyl (C=O) groups excluding carboxylic acids is 3. The van der Waals surface area contributed by atoms with Crippen LogP contribution in [0.1, 0.15) is 233 Å². The van der Waals surface area contributed by atoms with Crippen LogP contribution in [0.2, 0.25) is 0 Å². The summed E-state index contributed by atoms with van der Waals surface area (Å²) in [5, 5.41) is 0. The van der Waals surface area contributed by atoms with Gasteiger partial charge >= 0.3 is 17.9 Å². The van der Waals surface area contributed by atoms with Crippen LogP contribution in [-0.2, 0) is 28.6 Å². The van der Waals surface area contributed by atoms with Gasteiger partial charge in [0.2, 0.25) is 0 Å². The molecule has 0 rings (SSSR count). The summed E-state index contributed by atoms with van der Waals surface area (Å²) in [6, 6.07) is 0. The monoisotopic (exact) mass is 889 g/mol. The van der Waals surface area contributed by atoms with E-state index in [1.54, 1.807) is 0 Å². The zero-order valence-electron chi connectivity index (χ0n) is 41.5. The molecule has 0 heterocycles. The standard InChI is InChI=1S/C58H96O6/c1-4-7-10-13-16-19-22-25-28-29-31-33-36-39-42-45-48-51-57(60)63-54-55(53-62-56(59)50-47-44-41-38-35-32-27-24-21-18-15-12-9-6-3)64-58(61)52-49-46-43-40-37-34-30-26-23-20-17-14-11-8-5-2/h7,10,16-17,19-20,24-28,30-31,33,39,42,55H,4-6,8-9,11-15,18,21-23,29,32,34-38,40-41,43-54H2,1-3H3/b10-7+,19-16+,20-17+,27-24+,28-25+,30-26+,33-31+,42-39+/t55-/m1/s1. The summed E-state index contributed by atoms with van der Waals surface area (Å²) < 4.78 is 16.7. The number of hydrogen-bond acceptors (Lipinski definition) is 6. The molecule has 0 unspecified atom stereocenters. The minimum atomic E-state index is -0.811. The molecule has 6 heteroatoms. The molecule has 0 fully saturated rings. The van der Waals surface area contributed by atoms with E-state index in [9.17, 15) is 14.4 Å². The summed E-state index contributed by atoms with van der Waals surface area (Å²) in [5.41, 5.74) is 0. The van der Waals surface area contributed by atoms with Gasteiger partial charge in [0.25, 0.3) is 0 Å². The van der Waals surface area contributed by atoms with Crippen molar-refractivity contribution in [3.63, 3.8) is 0 Å². The van der Waals surface area contributed by atoms with Crippen LogP contribution in [0.15, 0.2) is 97.2 Å². The van der Waals surface area contributed by atoms with Gasteiger partial charge in [0.1, 0.15) is 13.2 Å². The molecular formula is C58H96O6. The lowest BCUT2D eigenvalue weighted by atomic mass is 10.1. The van der Waals surface area contributed by atoms with Gasteiger partial charge < -0.3 is 14.2 Å². The first kappa shape index (κ1) is 60.3. The zero-order chi connectivity index (χ0) is 46.5. The molecule has 364 valence electrons. The van der Waals surface area contributed by atoms with Crippen molar-refractivity contribution < 1.29 is 28.6 Å². The van der Waals surface area contributed by atoms with Crippen molar-refractivity contribution in [3.8, 4) is 0 Å². The Bertz CT molecular complexity index is 1300. The lowest BCUT2D eigenvalue weighted by Crippen LogP contribution is -2.30. The van der Waals surface area contributed by atoms with Crippen molar-refractivity contribution in [2.45, 2.75) is 239 Å². The maximum absolute atomic E-state index is 12.8. The fourth-order valence-electron chi connectivity index (χ4n) is 6.85. The molecule has 0 aliphatic carbocycles. The SMILES string of the molecule is CC/C=C/C/C=C/C/C=C/C/C=C/C/C=C/CCCC(=O)OC[C@@H](COC(=O)CCCCCCC/C=C/CCCCCCC)OC(=O)CCCCCCC/C=C/C/C=C/CCCCC. The Kier molecular flexibility index (Phi) is 49.0. The minimum Gasteiger partial charge on any atom is -0.462 e. The highest BCUT2D eigenvalue weighted by Gasteiger charge is 2.19. The van der Waals surface area contributed by atoms with Gasteiger partial charge in [-0.15, -0.1) is 0 Å². The van der Waals surface area contributed by atoms with E-state index in [-0.39, 0.29) is 37.5 Å². The third-order valence-electron chi connectivity index (χ3n) is 10.8. The molecule has 0 aliphatic heterocycles. The second kappa shape index (κ2) is 52.0. The van der Waals surface area contributed by atoms with Gasteiger partial charge in [-0.25, -0.2) is 0 Å². The number of unbranched alkanes of at least 4 members (excludes halogenated alkanes) is 19. The lowest BCUT2D eigenvalue weighted by Gasteiger charge is -2.18. The highest BCUT2D eigenvalue weighted by atomic mass is 16.6. The molecule has 0 saturated heterocycles. The summed E-state index contributed by atoms with van der Waals surface area (Å²) in [5.74, 6) is -0.991. The maximum atomic E-state index is 12.8. The van der Waals surface area contributed by atoms with Crippen molar-refractivity contribution >= 4 is 17.9 Å². The molecule has 0 amide bonds. The van der Waals surface area contributed by atoms with Gasteiger partial charge in [-0.2, -0.15) is 0 Å². The summed E-state index contributed by atoms with van der Waals surface area (Å²) >= 11 is 0. The Labute approximate surface area is 394 Å². The second-order valence-corrected chi connectivity index (χ2v) is 17.0. The molecule has 0 spiro atoms. The normalized spacial score (nSPS) is 12.9. The molecule has 6 nitrogen and oxygen atoms in total. The first-order chi connectivity index (χ1) is 31.5. The fourth-order valence-corrected chi connectivity index (χ4v) is 6.85. The number of carbonyl (C=O) groups is 3. The van der Waals surface area contributed by atoms with Crippen molar-refractivity contribution in [1.29, 1.82) is 0 Å². The zero-order valence-corrected chi connectivity index (χ0v) is 41.5. The predicted octanol–water partition coefficient (Wildman–Crippen LogP) is 17.4. The van der Waals surface area contributed by atoms with E-state index in [0.717, 1.165) is 116 Å². The number of rotatable bonds is 46. The van der Waals surface area contributed by atoms with Crippen molar-refractivity contribution in [1.82, 2.24) is 0 Å². The number of esters is 3. The van der Waals surface area contributed by atoms with Crippen molar-refractivity contribution in [3.05, 3.63) is 97.2 Å². The van der Waals surface area contributed by atoms with Gasteiger partial charge in [0, 0.05) is 19.3 Å². The summed E-state index contributed by atoms with van der Waals surface area (Å²) in [7, 11) is 0. The molecule has 0 N–H and O–H groups in total. The van der Waals surface area contributed by atoms with Crippen LogP contribution in [0.5, 0.6) is 0 Å². The topological polar surface area (TPSA) is 78.9 Å². The van der Waals surface area contributed by atoms with Gasteiger partial charge in [0.05, 0.1) is 0 Å². The van der Waals surface area contributed by atoms with Crippen LogP contribution < -0.4 is 0 Å². The lowest BCUT2D eigenvalue weighted by molar-refractivity contribution is -0.167. The summed E-state index contributed by atoms with van der Waals surface area (Å²) in [4.78, 5) is 38.0. The second-order valence-electron chi connectivity index (χ2n) is 17.0. The van der Waals surface area contributed by atoms with Crippen LogP contribution in [0, 0.1) is 0 Å². The molecule has 0 aliphatic rings. The molecule has 0 aromatic carbocycles.